The second-order valence-corrected chi connectivity index (χ2v) is 9.09. The van der Waals surface area contributed by atoms with Crippen molar-refractivity contribution in [2.24, 2.45) is 0 Å². The van der Waals surface area contributed by atoms with Crippen LogP contribution >= 0.6 is 0 Å². The topological polar surface area (TPSA) is 76.1 Å². The van der Waals surface area contributed by atoms with Crippen LogP contribution in [0.4, 0.5) is 5.69 Å². The van der Waals surface area contributed by atoms with Gasteiger partial charge in [-0.25, -0.2) is 0 Å². The van der Waals surface area contributed by atoms with Crippen molar-refractivity contribution in [2.45, 2.75) is 37.6 Å². The molecule has 3 aromatic rings. The van der Waals surface area contributed by atoms with E-state index in [2.05, 4.69) is 12.1 Å². The van der Waals surface area contributed by atoms with Crippen LogP contribution in [0, 0.1) is 0 Å². The number of hydrogen-bond acceptors (Lipinski definition) is 4. The van der Waals surface area contributed by atoms with Crippen LogP contribution in [0.1, 0.15) is 57.4 Å². The van der Waals surface area contributed by atoms with Crippen LogP contribution in [0.5, 0.6) is 11.5 Å². The maximum Gasteiger partial charge on any atom is 0.313 e. The first-order chi connectivity index (χ1) is 16.6. The summed E-state index contributed by atoms with van der Waals surface area (Å²) < 4.78 is 11.5. The SMILES string of the molecule is O=C(O)C1c2ccccc2C(=O)N(c2ccc3c(c2)CCCC3)C1c1ccc2c(c1)OCCO2. The largest absolute Gasteiger partial charge is 0.486 e. The number of carboxylic acids is 1. The number of carbonyl (C=O) groups excluding carboxylic acids is 1. The van der Waals surface area contributed by atoms with Gasteiger partial charge in [-0.2, -0.15) is 0 Å². The third-order valence-corrected chi connectivity index (χ3v) is 7.12. The van der Waals surface area contributed by atoms with Gasteiger partial charge in [-0.1, -0.05) is 30.3 Å². The van der Waals surface area contributed by atoms with E-state index in [0.29, 0.717) is 41.4 Å². The van der Waals surface area contributed by atoms with Crippen molar-refractivity contribution in [3.63, 3.8) is 0 Å². The minimum atomic E-state index is -0.970. The molecule has 0 radical (unpaired) electrons. The fraction of sp³-hybridized carbons (Fsp3) is 0.286. The molecule has 172 valence electrons. The van der Waals surface area contributed by atoms with Gasteiger partial charge in [0, 0.05) is 11.3 Å². The summed E-state index contributed by atoms with van der Waals surface area (Å²) in [6, 6.07) is 17.9. The minimum absolute atomic E-state index is 0.191. The number of nitrogens with zero attached hydrogens (tertiary/aromatic N) is 1. The standard InChI is InChI=1S/C28H25NO5/c30-27-22-8-4-3-7-21(22)25(28(31)32)26(19-10-12-23-24(16-19)34-14-13-33-23)29(27)20-11-9-17-5-1-2-6-18(17)15-20/h3-4,7-12,15-16,25-26H,1-2,5-6,13-14H2,(H,31,32). The van der Waals surface area contributed by atoms with Crippen LogP contribution in [0.3, 0.4) is 0 Å². The van der Waals surface area contributed by atoms with Crippen molar-refractivity contribution >= 4 is 17.6 Å². The normalized spacial score (nSPS) is 20.9. The van der Waals surface area contributed by atoms with Gasteiger partial charge in [0.2, 0.25) is 0 Å². The summed E-state index contributed by atoms with van der Waals surface area (Å²) >= 11 is 0. The Bertz CT molecular complexity index is 1300. The maximum absolute atomic E-state index is 13.9. The van der Waals surface area contributed by atoms with E-state index in [1.807, 2.05) is 18.2 Å². The highest BCUT2D eigenvalue weighted by molar-refractivity contribution is 6.11. The van der Waals surface area contributed by atoms with Gasteiger partial charge in [0.15, 0.2) is 11.5 Å². The van der Waals surface area contributed by atoms with E-state index in [1.165, 1.54) is 17.5 Å². The van der Waals surface area contributed by atoms with Crippen molar-refractivity contribution in [1.82, 2.24) is 0 Å². The number of fused-ring (bicyclic) bond motifs is 3. The van der Waals surface area contributed by atoms with Crippen LogP contribution in [-0.2, 0) is 17.6 Å². The number of rotatable bonds is 3. The summed E-state index contributed by atoms with van der Waals surface area (Å²) in [7, 11) is 0. The van der Waals surface area contributed by atoms with Crippen LogP contribution in [0.15, 0.2) is 60.7 Å². The second kappa shape index (κ2) is 8.20. The average molecular weight is 456 g/mol. The molecule has 0 bridgehead atoms. The predicted molar refractivity (Wildman–Crippen MR) is 127 cm³/mol. The van der Waals surface area contributed by atoms with Gasteiger partial charge >= 0.3 is 5.97 Å². The van der Waals surface area contributed by atoms with E-state index in [4.69, 9.17) is 9.47 Å². The van der Waals surface area contributed by atoms with E-state index < -0.39 is 17.9 Å². The molecule has 0 aromatic heterocycles. The Kier molecular flexibility index (Phi) is 5.01. The zero-order valence-electron chi connectivity index (χ0n) is 18.7. The summed E-state index contributed by atoms with van der Waals surface area (Å²) in [4.78, 5) is 28.3. The third kappa shape index (κ3) is 3.33. The van der Waals surface area contributed by atoms with Crippen molar-refractivity contribution in [2.75, 3.05) is 18.1 Å². The van der Waals surface area contributed by atoms with Gasteiger partial charge in [-0.05, 0) is 78.3 Å². The monoisotopic (exact) mass is 455 g/mol. The molecule has 34 heavy (non-hydrogen) atoms. The highest BCUT2D eigenvalue weighted by Gasteiger charge is 2.45. The summed E-state index contributed by atoms with van der Waals surface area (Å²) in [5.41, 5.74) is 4.95. The lowest BCUT2D eigenvalue weighted by Crippen LogP contribution is -2.45. The molecule has 2 unspecified atom stereocenters. The highest BCUT2D eigenvalue weighted by atomic mass is 16.6. The number of ether oxygens (including phenoxy) is 2. The number of aliphatic carboxylic acids is 1. The number of amides is 1. The Hall–Kier alpha value is -3.80. The molecule has 0 saturated heterocycles. The molecule has 2 atom stereocenters. The fourth-order valence-electron chi connectivity index (χ4n) is 5.54. The number of aryl methyl sites for hydroxylation is 2. The zero-order chi connectivity index (χ0) is 23.2. The highest BCUT2D eigenvalue weighted by Crippen LogP contribution is 2.47. The van der Waals surface area contributed by atoms with E-state index in [0.717, 1.165) is 24.9 Å². The summed E-state index contributed by atoms with van der Waals surface area (Å²) in [6.45, 7) is 0.903. The predicted octanol–water partition coefficient (Wildman–Crippen LogP) is 4.91. The fourth-order valence-corrected chi connectivity index (χ4v) is 5.54. The number of carboxylic acid groups (broad SMARTS) is 1. The lowest BCUT2D eigenvalue weighted by Gasteiger charge is -2.41. The molecule has 6 nitrogen and oxygen atoms in total. The third-order valence-electron chi connectivity index (χ3n) is 7.12. The van der Waals surface area contributed by atoms with Crippen molar-refractivity contribution in [3.8, 4) is 11.5 Å². The molecule has 2 heterocycles. The van der Waals surface area contributed by atoms with E-state index >= 15 is 0 Å². The maximum atomic E-state index is 13.9. The van der Waals surface area contributed by atoms with E-state index in [1.54, 1.807) is 35.2 Å². The lowest BCUT2D eigenvalue weighted by molar-refractivity contribution is -0.139. The van der Waals surface area contributed by atoms with Gasteiger partial charge in [0.05, 0.1) is 6.04 Å². The van der Waals surface area contributed by atoms with Crippen LogP contribution in [-0.4, -0.2) is 30.2 Å². The number of hydrogen-bond donors (Lipinski definition) is 1. The van der Waals surface area contributed by atoms with Gasteiger partial charge in [-0.15, -0.1) is 0 Å². The lowest BCUT2D eigenvalue weighted by atomic mass is 9.79. The molecule has 0 saturated carbocycles. The number of carbonyl (C=O) groups is 2. The minimum Gasteiger partial charge on any atom is -0.486 e. The first kappa shape index (κ1) is 20.8. The first-order valence-electron chi connectivity index (χ1n) is 11.8. The average Bonchev–Trinajstić information content (AvgIpc) is 2.88. The van der Waals surface area contributed by atoms with Crippen molar-refractivity contribution in [1.29, 1.82) is 0 Å². The smallest absolute Gasteiger partial charge is 0.313 e. The molecule has 1 amide bonds. The van der Waals surface area contributed by atoms with Gasteiger partial charge in [0.25, 0.3) is 5.91 Å². The summed E-state index contributed by atoms with van der Waals surface area (Å²) in [5, 5.41) is 10.4. The molecule has 2 aliphatic heterocycles. The summed E-state index contributed by atoms with van der Waals surface area (Å²) in [6.07, 6.45) is 4.30. The molecule has 0 fully saturated rings. The zero-order valence-corrected chi connectivity index (χ0v) is 18.7. The Labute approximate surface area is 197 Å². The Morgan fingerprint density at radius 2 is 1.65 bits per heavy atom. The van der Waals surface area contributed by atoms with Crippen molar-refractivity contribution < 1.29 is 24.2 Å². The van der Waals surface area contributed by atoms with Gasteiger partial charge < -0.3 is 14.6 Å². The molecule has 6 heteroatoms. The summed E-state index contributed by atoms with van der Waals surface area (Å²) in [5.74, 6) is -0.881. The van der Waals surface area contributed by atoms with Gasteiger partial charge in [0.1, 0.15) is 19.1 Å². The molecule has 1 aliphatic carbocycles. The van der Waals surface area contributed by atoms with Gasteiger partial charge in [-0.3, -0.25) is 14.5 Å². The van der Waals surface area contributed by atoms with Crippen LogP contribution in [0.2, 0.25) is 0 Å². The number of benzene rings is 3. The van der Waals surface area contributed by atoms with E-state index in [9.17, 15) is 14.7 Å². The first-order valence-corrected chi connectivity index (χ1v) is 11.8. The Balaban J connectivity index is 1.55. The second-order valence-electron chi connectivity index (χ2n) is 9.09. The quantitative estimate of drug-likeness (QED) is 0.608. The molecule has 1 N–H and O–H groups in total. The molecular formula is C28H25NO5. The van der Waals surface area contributed by atoms with Crippen molar-refractivity contribution in [3.05, 3.63) is 88.5 Å². The molecule has 3 aromatic carbocycles. The molecule has 0 spiro atoms. The van der Waals surface area contributed by atoms with E-state index in [-0.39, 0.29) is 5.91 Å². The molecule has 3 aliphatic rings. The molecule has 6 rings (SSSR count). The Morgan fingerprint density at radius 3 is 2.47 bits per heavy atom. The Morgan fingerprint density at radius 1 is 0.882 bits per heavy atom. The van der Waals surface area contributed by atoms with Crippen LogP contribution < -0.4 is 14.4 Å². The number of anilines is 1. The van der Waals surface area contributed by atoms with Crippen LogP contribution in [0.25, 0.3) is 0 Å². The molecular weight excluding hydrogens is 430 g/mol.